The maximum Gasteiger partial charge on any atom is 0.0885 e. The lowest BCUT2D eigenvalue weighted by Crippen LogP contribution is -2.02. The number of nitrogens with one attached hydrogen (secondary N) is 1. The lowest BCUT2D eigenvalue weighted by atomic mass is 10.0. The maximum atomic E-state index is 5.19. The normalized spacial score (nSPS) is 10.9. The van der Waals surface area contributed by atoms with Gasteiger partial charge in [0.15, 0.2) is 0 Å². The summed E-state index contributed by atoms with van der Waals surface area (Å²) in [5, 5.41) is 4.58. The van der Waals surface area contributed by atoms with Gasteiger partial charge in [-0.3, -0.25) is 0 Å². The number of pyridine rings is 1. The van der Waals surface area contributed by atoms with Crippen LogP contribution in [0.2, 0.25) is 0 Å². The molecule has 1 aromatic carbocycles. The summed E-state index contributed by atoms with van der Waals surface area (Å²) in [4.78, 5) is 4.70. The SMILES string of the molecule is CCNc1cc(COC)nc2c(C)c(C)ccc12. The number of anilines is 1. The highest BCUT2D eigenvalue weighted by Gasteiger charge is 2.08. The fourth-order valence-electron chi connectivity index (χ4n) is 2.14. The van der Waals surface area contributed by atoms with E-state index in [2.05, 4.69) is 44.3 Å². The lowest BCUT2D eigenvalue weighted by molar-refractivity contribution is 0.182. The molecule has 1 aromatic heterocycles. The van der Waals surface area contributed by atoms with Gasteiger partial charge in [-0.25, -0.2) is 4.98 Å². The quantitative estimate of drug-likeness (QED) is 0.894. The molecular formula is C15H20N2O. The number of hydrogen-bond acceptors (Lipinski definition) is 3. The van der Waals surface area contributed by atoms with E-state index in [-0.39, 0.29) is 0 Å². The zero-order valence-electron chi connectivity index (χ0n) is 11.5. The van der Waals surface area contributed by atoms with Crippen LogP contribution in [0.4, 0.5) is 5.69 Å². The first kappa shape index (κ1) is 12.8. The molecule has 0 radical (unpaired) electrons. The molecule has 18 heavy (non-hydrogen) atoms. The molecule has 2 aromatic rings. The number of methoxy groups -OCH3 is 1. The molecule has 0 aliphatic rings. The van der Waals surface area contributed by atoms with Gasteiger partial charge in [0.1, 0.15) is 0 Å². The summed E-state index contributed by atoms with van der Waals surface area (Å²) in [6.45, 7) is 7.78. The number of rotatable bonds is 4. The molecular weight excluding hydrogens is 224 g/mol. The Bertz CT molecular complexity index is 564. The van der Waals surface area contributed by atoms with Gasteiger partial charge in [0.25, 0.3) is 0 Å². The van der Waals surface area contributed by atoms with Crippen molar-refractivity contribution in [1.29, 1.82) is 0 Å². The van der Waals surface area contributed by atoms with Crippen LogP contribution in [-0.2, 0) is 11.3 Å². The molecule has 1 heterocycles. The summed E-state index contributed by atoms with van der Waals surface area (Å²) in [5.74, 6) is 0. The predicted molar refractivity (Wildman–Crippen MR) is 76.1 cm³/mol. The Morgan fingerprint density at radius 2 is 2.06 bits per heavy atom. The van der Waals surface area contributed by atoms with Crippen LogP contribution in [0.5, 0.6) is 0 Å². The average molecular weight is 244 g/mol. The minimum atomic E-state index is 0.543. The van der Waals surface area contributed by atoms with E-state index in [0.717, 1.165) is 23.4 Å². The zero-order valence-corrected chi connectivity index (χ0v) is 11.5. The molecule has 0 bridgehead atoms. The third kappa shape index (κ3) is 2.31. The zero-order chi connectivity index (χ0) is 13.1. The Balaban J connectivity index is 2.68. The van der Waals surface area contributed by atoms with Gasteiger partial charge in [0, 0.05) is 24.7 Å². The maximum absolute atomic E-state index is 5.19. The van der Waals surface area contributed by atoms with E-state index in [9.17, 15) is 0 Å². The molecule has 3 nitrogen and oxygen atoms in total. The summed E-state index contributed by atoms with van der Waals surface area (Å²) < 4.78 is 5.19. The first-order chi connectivity index (χ1) is 8.67. The molecule has 0 aliphatic carbocycles. The topological polar surface area (TPSA) is 34.1 Å². The van der Waals surface area contributed by atoms with Crippen LogP contribution in [-0.4, -0.2) is 18.6 Å². The fraction of sp³-hybridized carbons (Fsp3) is 0.400. The predicted octanol–water partition coefficient (Wildman–Crippen LogP) is 3.43. The van der Waals surface area contributed by atoms with Crippen molar-refractivity contribution in [2.24, 2.45) is 0 Å². The average Bonchev–Trinajstić information content (AvgIpc) is 2.35. The van der Waals surface area contributed by atoms with Crippen molar-refractivity contribution in [2.45, 2.75) is 27.4 Å². The van der Waals surface area contributed by atoms with E-state index < -0.39 is 0 Å². The number of nitrogens with zero attached hydrogens (tertiary/aromatic N) is 1. The Labute approximate surface area is 108 Å². The molecule has 0 fully saturated rings. The van der Waals surface area contributed by atoms with E-state index in [0.29, 0.717) is 6.61 Å². The number of benzene rings is 1. The number of fused-ring (bicyclic) bond motifs is 1. The second-order valence-corrected chi connectivity index (χ2v) is 4.53. The number of aromatic nitrogens is 1. The van der Waals surface area contributed by atoms with Crippen LogP contribution < -0.4 is 5.32 Å². The van der Waals surface area contributed by atoms with E-state index in [1.807, 2.05) is 0 Å². The Morgan fingerprint density at radius 3 is 2.72 bits per heavy atom. The molecule has 0 amide bonds. The molecule has 3 heteroatoms. The van der Waals surface area contributed by atoms with Gasteiger partial charge >= 0.3 is 0 Å². The molecule has 0 saturated carbocycles. The Kier molecular flexibility index (Phi) is 3.82. The van der Waals surface area contributed by atoms with Gasteiger partial charge in [-0.1, -0.05) is 12.1 Å². The largest absolute Gasteiger partial charge is 0.385 e. The monoisotopic (exact) mass is 244 g/mol. The molecule has 96 valence electrons. The summed E-state index contributed by atoms with van der Waals surface area (Å²) >= 11 is 0. The van der Waals surface area contributed by atoms with Crippen LogP contribution in [0.15, 0.2) is 18.2 Å². The second-order valence-electron chi connectivity index (χ2n) is 4.53. The van der Waals surface area contributed by atoms with Gasteiger partial charge in [-0.15, -0.1) is 0 Å². The van der Waals surface area contributed by atoms with E-state index >= 15 is 0 Å². The lowest BCUT2D eigenvalue weighted by Gasteiger charge is -2.13. The molecule has 0 aliphatic heterocycles. The van der Waals surface area contributed by atoms with Crippen molar-refractivity contribution in [3.63, 3.8) is 0 Å². The van der Waals surface area contributed by atoms with E-state index in [1.54, 1.807) is 7.11 Å². The Hall–Kier alpha value is -1.61. The highest BCUT2D eigenvalue weighted by Crippen LogP contribution is 2.27. The van der Waals surface area contributed by atoms with Gasteiger partial charge in [0.2, 0.25) is 0 Å². The first-order valence-corrected chi connectivity index (χ1v) is 6.30. The van der Waals surface area contributed by atoms with Crippen molar-refractivity contribution in [2.75, 3.05) is 19.0 Å². The first-order valence-electron chi connectivity index (χ1n) is 6.30. The summed E-state index contributed by atoms with van der Waals surface area (Å²) in [7, 11) is 1.70. The number of aryl methyl sites for hydroxylation is 2. The van der Waals surface area contributed by atoms with E-state index in [1.165, 1.54) is 16.5 Å². The number of ether oxygens (including phenoxy) is 1. The smallest absolute Gasteiger partial charge is 0.0885 e. The molecule has 1 N–H and O–H groups in total. The van der Waals surface area contributed by atoms with Gasteiger partial charge in [0.05, 0.1) is 17.8 Å². The van der Waals surface area contributed by atoms with Crippen molar-refractivity contribution in [3.05, 3.63) is 35.0 Å². The van der Waals surface area contributed by atoms with Gasteiger partial charge < -0.3 is 10.1 Å². The molecule has 2 rings (SSSR count). The summed E-state index contributed by atoms with van der Waals surface area (Å²) in [5.41, 5.74) is 5.68. The van der Waals surface area contributed by atoms with Crippen LogP contribution in [0.25, 0.3) is 10.9 Å². The van der Waals surface area contributed by atoms with Crippen molar-refractivity contribution in [1.82, 2.24) is 4.98 Å². The van der Waals surface area contributed by atoms with Gasteiger partial charge in [-0.2, -0.15) is 0 Å². The van der Waals surface area contributed by atoms with Crippen LogP contribution in [0, 0.1) is 13.8 Å². The Morgan fingerprint density at radius 1 is 1.28 bits per heavy atom. The molecule has 0 atom stereocenters. The standard InChI is InChI=1S/C15H20N2O/c1-5-16-14-8-12(9-18-4)17-15-11(3)10(2)6-7-13(14)15/h6-8H,5,9H2,1-4H3,(H,16,17). The van der Waals surface area contributed by atoms with Crippen molar-refractivity contribution >= 4 is 16.6 Å². The van der Waals surface area contributed by atoms with Crippen LogP contribution >= 0.6 is 0 Å². The van der Waals surface area contributed by atoms with Crippen molar-refractivity contribution in [3.8, 4) is 0 Å². The minimum Gasteiger partial charge on any atom is -0.385 e. The highest BCUT2D eigenvalue weighted by atomic mass is 16.5. The fourth-order valence-corrected chi connectivity index (χ4v) is 2.14. The molecule has 0 saturated heterocycles. The third-order valence-corrected chi connectivity index (χ3v) is 3.22. The summed E-state index contributed by atoms with van der Waals surface area (Å²) in [6, 6.07) is 6.36. The van der Waals surface area contributed by atoms with E-state index in [4.69, 9.17) is 9.72 Å². The highest BCUT2D eigenvalue weighted by molar-refractivity contribution is 5.94. The van der Waals surface area contributed by atoms with Crippen molar-refractivity contribution < 1.29 is 4.74 Å². The number of hydrogen-bond donors (Lipinski definition) is 1. The van der Waals surface area contributed by atoms with Crippen LogP contribution in [0.1, 0.15) is 23.7 Å². The molecule has 0 spiro atoms. The third-order valence-electron chi connectivity index (χ3n) is 3.22. The van der Waals surface area contributed by atoms with Crippen LogP contribution in [0.3, 0.4) is 0 Å². The summed E-state index contributed by atoms with van der Waals surface area (Å²) in [6.07, 6.45) is 0. The molecule has 0 unspecified atom stereocenters. The van der Waals surface area contributed by atoms with Gasteiger partial charge in [-0.05, 0) is 38.0 Å². The second kappa shape index (κ2) is 5.36. The minimum absolute atomic E-state index is 0.543.